The number of hydrogen-bond donors (Lipinski definition) is 1. The maximum atomic E-state index is 11.2. The zero-order chi connectivity index (χ0) is 9.97. The second-order valence-corrected chi connectivity index (χ2v) is 4.22. The molecular formula is C10H17NO3. The zero-order valence-corrected chi connectivity index (χ0v) is 8.32. The van der Waals surface area contributed by atoms with Crippen molar-refractivity contribution in [3.63, 3.8) is 0 Å². The monoisotopic (exact) mass is 199 g/mol. The van der Waals surface area contributed by atoms with Gasteiger partial charge in [-0.3, -0.25) is 4.79 Å². The quantitative estimate of drug-likeness (QED) is 0.634. The van der Waals surface area contributed by atoms with E-state index in [4.69, 9.17) is 4.74 Å². The molecule has 80 valence electrons. The van der Waals surface area contributed by atoms with E-state index in [0.29, 0.717) is 19.7 Å². The Kier molecular flexibility index (Phi) is 3.03. The second kappa shape index (κ2) is 4.28. The van der Waals surface area contributed by atoms with Gasteiger partial charge in [0.2, 0.25) is 5.91 Å². The van der Waals surface area contributed by atoms with Crippen LogP contribution in [-0.2, 0) is 9.53 Å². The summed E-state index contributed by atoms with van der Waals surface area (Å²) in [4.78, 5) is 12.9. The fourth-order valence-corrected chi connectivity index (χ4v) is 1.68. The molecule has 4 heteroatoms. The fraction of sp³-hybridized carbons (Fsp3) is 0.900. The van der Waals surface area contributed by atoms with E-state index in [9.17, 15) is 9.90 Å². The first kappa shape index (κ1) is 9.93. The van der Waals surface area contributed by atoms with Gasteiger partial charge in [-0.05, 0) is 18.8 Å². The summed E-state index contributed by atoms with van der Waals surface area (Å²) in [7, 11) is 0. The van der Waals surface area contributed by atoms with Gasteiger partial charge in [0.1, 0.15) is 0 Å². The first-order valence-corrected chi connectivity index (χ1v) is 5.29. The van der Waals surface area contributed by atoms with Crippen LogP contribution in [0.3, 0.4) is 0 Å². The molecule has 0 aromatic carbocycles. The van der Waals surface area contributed by atoms with Crippen LogP contribution in [0.1, 0.15) is 19.3 Å². The van der Waals surface area contributed by atoms with Gasteiger partial charge in [0.25, 0.3) is 0 Å². The van der Waals surface area contributed by atoms with Crippen molar-refractivity contribution >= 4 is 5.91 Å². The summed E-state index contributed by atoms with van der Waals surface area (Å²) in [6.07, 6.45) is 2.40. The average Bonchev–Trinajstić information content (AvgIpc) is 2.88. The Balaban J connectivity index is 1.57. The third-order valence-electron chi connectivity index (χ3n) is 2.75. The summed E-state index contributed by atoms with van der Waals surface area (Å²) in [5.41, 5.74) is 0. The fourth-order valence-electron chi connectivity index (χ4n) is 1.68. The lowest BCUT2D eigenvalue weighted by atomic mass is 10.3. The molecule has 2 rings (SSSR count). The van der Waals surface area contributed by atoms with Crippen LogP contribution in [0.25, 0.3) is 0 Å². The summed E-state index contributed by atoms with van der Waals surface area (Å²) in [6, 6.07) is 0. The van der Waals surface area contributed by atoms with Crippen LogP contribution in [0.2, 0.25) is 0 Å². The van der Waals surface area contributed by atoms with E-state index in [1.807, 2.05) is 0 Å². The molecule has 1 aliphatic heterocycles. The molecule has 2 fully saturated rings. The molecular weight excluding hydrogens is 182 g/mol. The molecule has 1 N–H and O–H groups in total. The SMILES string of the molecule is O=C1CC(O)CN1CCOCC1CC1. The highest BCUT2D eigenvalue weighted by molar-refractivity contribution is 5.78. The van der Waals surface area contributed by atoms with Crippen molar-refractivity contribution in [2.45, 2.75) is 25.4 Å². The van der Waals surface area contributed by atoms with E-state index < -0.39 is 6.10 Å². The van der Waals surface area contributed by atoms with Crippen molar-refractivity contribution in [2.75, 3.05) is 26.3 Å². The summed E-state index contributed by atoms with van der Waals surface area (Å²) < 4.78 is 5.43. The number of carbonyl (C=O) groups is 1. The molecule has 1 atom stereocenters. The predicted octanol–water partition coefficient (Wildman–Crippen LogP) is 0.00620. The standard InChI is InChI=1S/C10H17NO3/c12-9-5-10(13)11(6-9)3-4-14-7-8-1-2-8/h8-9,12H,1-7H2. The molecule has 4 nitrogen and oxygen atoms in total. The van der Waals surface area contributed by atoms with Gasteiger partial charge in [-0.15, -0.1) is 0 Å². The predicted molar refractivity (Wildman–Crippen MR) is 50.7 cm³/mol. The van der Waals surface area contributed by atoms with Crippen molar-refractivity contribution in [1.82, 2.24) is 4.90 Å². The van der Waals surface area contributed by atoms with Gasteiger partial charge in [0.05, 0.1) is 19.1 Å². The van der Waals surface area contributed by atoms with Crippen LogP contribution < -0.4 is 0 Å². The molecule has 1 saturated carbocycles. The minimum Gasteiger partial charge on any atom is -0.391 e. The number of aliphatic hydroxyl groups excluding tert-OH is 1. The summed E-state index contributed by atoms with van der Waals surface area (Å²) in [5, 5.41) is 9.22. The van der Waals surface area contributed by atoms with Gasteiger partial charge in [-0.1, -0.05) is 0 Å². The molecule has 2 aliphatic rings. The van der Waals surface area contributed by atoms with Crippen LogP contribution in [0.4, 0.5) is 0 Å². The third-order valence-corrected chi connectivity index (χ3v) is 2.75. The highest BCUT2D eigenvalue weighted by Gasteiger charge is 2.27. The van der Waals surface area contributed by atoms with E-state index in [1.54, 1.807) is 4.90 Å². The molecule has 1 amide bonds. The Bertz CT molecular complexity index is 215. The lowest BCUT2D eigenvalue weighted by Gasteiger charge is -2.15. The summed E-state index contributed by atoms with van der Waals surface area (Å²) in [5.74, 6) is 0.822. The number of β-amino-alcohol motifs (C(OH)–C–C–N with tert-alkyl or cyclic N) is 1. The number of aliphatic hydroxyl groups is 1. The number of likely N-dealkylation sites (tertiary alicyclic amines) is 1. The van der Waals surface area contributed by atoms with E-state index in [2.05, 4.69) is 0 Å². The Morgan fingerprint density at radius 3 is 2.86 bits per heavy atom. The van der Waals surface area contributed by atoms with Crippen LogP contribution in [0.5, 0.6) is 0 Å². The van der Waals surface area contributed by atoms with E-state index in [0.717, 1.165) is 12.5 Å². The number of carbonyl (C=O) groups excluding carboxylic acids is 1. The van der Waals surface area contributed by atoms with E-state index in [1.165, 1.54) is 12.8 Å². The molecule has 1 heterocycles. The highest BCUT2D eigenvalue weighted by atomic mass is 16.5. The highest BCUT2D eigenvalue weighted by Crippen LogP contribution is 2.28. The van der Waals surface area contributed by atoms with Gasteiger partial charge in [0.15, 0.2) is 0 Å². The Hall–Kier alpha value is -0.610. The number of rotatable bonds is 5. The lowest BCUT2D eigenvalue weighted by Crippen LogP contribution is -2.29. The molecule has 1 saturated heterocycles. The Labute approximate surface area is 83.8 Å². The molecule has 0 bridgehead atoms. The largest absolute Gasteiger partial charge is 0.391 e. The second-order valence-electron chi connectivity index (χ2n) is 4.22. The smallest absolute Gasteiger partial charge is 0.225 e. The molecule has 0 radical (unpaired) electrons. The van der Waals surface area contributed by atoms with Crippen LogP contribution in [-0.4, -0.2) is 48.3 Å². The summed E-state index contributed by atoms with van der Waals surface area (Å²) >= 11 is 0. The van der Waals surface area contributed by atoms with Crippen molar-refractivity contribution in [2.24, 2.45) is 5.92 Å². The maximum absolute atomic E-state index is 11.2. The van der Waals surface area contributed by atoms with Gasteiger partial charge in [-0.2, -0.15) is 0 Å². The molecule has 14 heavy (non-hydrogen) atoms. The van der Waals surface area contributed by atoms with Crippen molar-refractivity contribution in [3.8, 4) is 0 Å². The maximum Gasteiger partial charge on any atom is 0.225 e. The topological polar surface area (TPSA) is 49.8 Å². The zero-order valence-electron chi connectivity index (χ0n) is 8.32. The van der Waals surface area contributed by atoms with Gasteiger partial charge >= 0.3 is 0 Å². The van der Waals surface area contributed by atoms with E-state index in [-0.39, 0.29) is 12.3 Å². The first-order valence-electron chi connectivity index (χ1n) is 5.29. The average molecular weight is 199 g/mol. The first-order chi connectivity index (χ1) is 6.75. The normalized spacial score (nSPS) is 27.4. The Morgan fingerprint density at radius 2 is 2.29 bits per heavy atom. The number of hydrogen-bond acceptors (Lipinski definition) is 3. The van der Waals surface area contributed by atoms with Crippen LogP contribution >= 0.6 is 0 Å². The molecule has 0 aromatic heterocycles. The van der Waals surface area contributed by atoms with Crippen molar-refractivity contribution < 1.29 is 14.6 Å². The molecule has 1 aliphatic carbocycles. The number of amides is 1. The minimum atomic E-state index is -0.467. The van der Waals surface area contributed by atoms with Crippen molar-refractivity contribution in [1.29, 1.82) is 0 Å². The van der Waals surface area contributed by atoms with Crippen LogP contribution in [0, 0.1) is 5.92 Å². The van der Waals surface area contributed by atoms with E-state index >= 15 is 0 Å². The number of nitrogens with zero attached hydrogens (tertiary/aromatic N) is 1. The van der Waals surface area contributed by atoms with Gasteiger partial charge < -0.3 is 14.7 Å². The molecule has 0 spiro atoms. The van der Waals surface area contributed by atoms with Crippen molar-refractivity contribution in [3.05, 3.63) is 0 Å². The Morgan fingerprint density at radius 1 is 1.50 bits per heavy atom. The minimum absolute atomic E-state index is 0.0486. The van der Waals surface area contributed by atoms with Gasteiger partial charge in [0, 0.05) is 19.7 Å². The lowest BCUT2D eigenvalue weighted by molar-refractivity contribution is -0.128. The number of ether oxygens (including phenoxy) is 1. The van der Waals surface area contributed by atoms with Crippen LogP contribution in [0.15, 0.2) is 0 Å². The molecule has 0 aromatic rings. The third kappa shape index (κ3) is 2.69. The van der Waals surface area contributed by atoms with Gasteiger partial charge in [-0.25, -0.2) is 0 Å². The molecule has 1 unspecified atom stereocenters. The summed E-state index contributed by atoms with van der Waals surface area (Å²) in [6.45, 7) is 2.55.